The highest BCUT2D eigenvalue weighted by Gasteiger charge is 2.36. The molecule has 2 aromatic carbocycles. The number of halogens is 3. The van der Waals surface area contributed by atoms with Crippen molar-refractivity contribution in [3.05, 3.63) is 53.9 Å². The lowest BCUT2D eigenvalue weighted by atomic mass is 10.1. The Labute approximate surface area is 168 Å². The molecular weight excluding hydrogens is 403 g/mol. The van der Waals surface area contributed by atoms with E-state index in [1.54, 1.807) is 23.1 Å². The number of aromatic nitrogens is 2. The van der Waals surface area contributed by atoms with Crippen LogP contribution < -0.4 is 14.4 Å². The molecule has 2 aliphatic rings. The summed E-state index contributed by atoms with van der Waals surface area (Å²) < 4.78 is 54.1. The molecule has 0 bridgehead atoms. The summed E-state index contributed by atoms with van der Waals surface area (Å²) in [4.78, 5) is 18.4. The van der Waals surface area contributed by atoms with Crippen LogP contribution in [0.3, 0.4) is 0 Å². The average Bonchev–Trinajstić information content (AvgIpc) is 3.46. The molecule has 2 aliphatic heterocycles. The number of hydrogen-bond donors (Lipinski definition) is 0. The number of ether oxygens (including phenoxy) is 2. The highest BCUT2D eigenvalue weighted by Crippen LogP contribution is 2.38. The van der Waals surface area contributed by atoms with E-state index in [-0.39, 0.29) is 36.8 Å². The monoisotopic (exact) mass is 417 g/mol. The lowest BCUT2D eigenvalue weighted by Crippen LogP contribution is -2.24. The van der Waals surface area contributed by atoms with Crippen molar-refractivity contribution in [2.24, 2.45) is 0 Å². The van der Waals surface area contributed by atoms with Crippen molar-refractivity contribution in [3.63, 3.8) is 0 Å². The molecule has 3 aromatic rings. The van der Waals surface area contributed by atoms with Crippen LogP contribution in [0.25, 0.3) is 11.4 Å². The van der Waals surface area contributed by atoms with Gasteiger partial charge in [0.2, 0.25) is 24.4 Å². The number of carbonyl (C=O) groups is 1. The molecule has 1 saturated heterocycles. The van der Waals surface area contributed by atoms with Crippen LogP contribution in [0.4, 0.5) is 18.9 Å². The maximum atomic E-state index is 12.7. The van der Waals surface area contributed by atoms with Gasteiger partial charge in [0, 0.05) is 30.3 Å². The number of benzene rings is 2. The minimum absolute atomic E-state index is 0.104. The molecule has 0 N–H and O–H groups in total. The predicted octanol–water partition coefficient (Wildman–Crippen LogP) is 4.00. The zero-order valence-electron chi connectivity index (χ0n) is 15.3. The van der Waals surface area contributed by atoms with Crippen LogP contribution in [-0.2, 0) is 11.0 Å². The number of anilines is 1. The molecule has 0 radical (unpaired) electrons. The summed E-state index contributed by atoms with van der Waals surface area (Å²) in [6.45, 7) is 0.483. The smallest absolute Gasteiger partial charge is 0.416 e. The van der Waals surface area contributed by atoms with Crippen molar-refractivity contribution in [3.8, 4) is 22.9 Å². The van der Waals surface area contributed by atoms with Crippen LogP contribution in [-0.4, -0.2) is 29.4 Å². The molecule has 154 valence electrons. The number of rotatable bonds is 3. The molecule has 1 atom stereocenters. The van der Waals surface area contributed by atoms with Crippen LogP contribution in [0.2, 0.25) is 0 Å². The number of amides is 1. The Kier molecular flexibility index (Phi) is 4.16. The largest absolute Gasteiger partial charge is 0.454 e. The Morgan fingerprint density at radius 2 is 1.80 bits per heavy atom. The highest BCUT2D eigenvalue weighted by molar-refractivity contribution is 5.96. The van der Waals surface area contributed by atoms with E-state index in [0.717, 1.165) is 12.1 Å². The van der Waals surface area contributed by atoms with Crippen LogP contribution in [0, 0.1) is 0 Å². The minimum Gasteiger partial charge on any atom is -0.454 e. The second-order valence-corrected chi connectivity index (χ2v) is 6.97. The Hall–Kier alpha value is -3.56. The molecule has 0 aliphatic carbocycles. The minimum atomic E-state index is -4.41. The number of fused-ring (bicyclic) bond motifs is 1. The van der Waals surface area contributed by atoms with Crippen molar-refractivity contribution in [1.29, 1.82) is 0 Å². The Morgan fingerprint density at radius 3 is 2.57 bits per heavy atom. The Morgan fingerprint density at radius 1 is 1.03 bits per heavy atom. The maximum absolute atomic E-state index is 12.7. The zero-order chi connectivity index (χ0) is 20.9. The Balaban J connectivity index is 1.34. The van der Waals surface area contributed by atoms with Crippen molar-refractivity contribution in [1.82, 2.24) is 10.1 Å². The maximum Gasteiger partial charge on any atom is 0.416 e. The number of alkyl halides is 3. The van der Waals surface area contributed by atoms with E-state index in [0.29, 0.717) is 29.3 Å². The number of carbonyl (C=O) groups excluding carboxylic acids is 1. The topological polar surface area (TPSA) is 77.7 Å². The van der Waals surface area contributed by atoms with Gasteiger partial charge in [-0.15, -0.1) is 0 Å². The van der Waals surface area contributed by atoms with Crippen LogP contribution in [0.5, 0.6) is 11.5 Å². The summed E-state index contributed by atoms with van der Waals surface area (Å²) >= 11 is 0. The first-order valence-corrected chi connectivity index (χ1v) is 9.10. The summed E-state index contributed by atoms with van der Waals surface area (Å²) in [5.41, 5.74) is 0.319. The molecule has 0 spiro atoms. The Bertz CT molecular complexity index is 1110. The van der Waals surface area contributed by atoms with E-state index < -0.39 is 11.7 Å². The van der Waals surface area contributed by atoms with Gasteiger partial charge < -0.3 is 18.9 Å². The summed E-state index contributed by atoms with van der Waals surface area (Å²) in [7, 11) is 0. The number of nitrogens with zero attached hydrogens (tertiary/aromatic N) is 3. The van der Waals surface area contributed by atoms with Gasteiger partial charge in [-0.3, -0.25) is 4.79 Å². The first-order chi connectivity index (χ1) is 14.4. The second kappa shape index (κ2) is 6.75. The molecule has 0 unspecified atom stereocenters. The summed E-state index contributed by atoms with van der Waals surface area (Å²) in [5, 5.41) is 3.86. The number of hydrogen-bond acceptors (Lipinski definition) is 6. The quantitative estimate of drug-likeness (QED) is 0.641. The summed E-state index contributed by atoms with van der Waals surface area (Å²) in [6, 6.07) is 9.76. The molecule has 1 aromatic heterocycles. The van der Waals surface area contributed by atoms with E-state index in [2.05, 4.69) is 10.1 Å². The van der Waals surface area contributed by atoms with Gasteiger partial charge in [0.25, 0.3) is 0 Å². The van der Waals surface area contributed by atoms with E-state index in [9.17, 15) is 18.0 Å². The summed E-state index contributed by atoms with van der Waals surface area (Å²) in [5.74, 6) is 1.21. The van der Waals surface area contributed by atoms with Crippen molar-refractivity contribution < 1.29 is 32.0 Å². The third-order valence-corrected chi connectivity index (χ3v) is 5.05. The standard InChI is InChI=1S/C20H14F3N3O4/c21-20(22,23)13-3-1-11(2-4-13)18-24-19(30-25-18)12-7-17(27)26(9-12)14-5-6-15-16(8-14)29-10-28-15/h1-6,8,12H,7,9-10H2/t12-/m0/s1. The highest BCUT2D eigenvalue weighted by atomic mass is 19.4. The van der Waals surface area contributed by atoms with E-state index in [1.807, 2.05) is 0 Å². The van der Waals surface area contributed by atoms with Crippen LogP contribution in [0.1, 0.15) is 23.8 Å². The fourth-order valence-corrected chi connectivity index (χ4v) is 3.50. The van der Waals surface area contributed by atoms with Crippen LogP contribution >= 0.6 is 0 Å². The lowest BCUT2D eigenvalue weighted by molar-refractivity contribution is -0.137. The fourth-order valence-electron chi connectivity index (χ4n) is 3.50. The molecule has 1 amide bonds. The average molecular weight is 417 g/mol. The molecule has 7 nitrogen and oxygen atoms in total. The summed E-state index contributed by atoms with van der Waals surface area (Å²) in [6.07, 6.45) is -4.23. The third kappa shape index (κ3) is 3.23. The fraction of sp³-hybridized carbons (Fsp3) is 0.250. The zero-order valence-corrected chi connectivity index (χ0v) is 15.3. The molecule has 3 heterocycles. The van der Waals surface area contributed by atoms with Crippen LogP contribution in [0.15, 0.2) is 47.0 Å². The molecule has 30 heavy (non-hydrogen) atoms. The van der Waals surface area contributed by atoms with Gasteiger partial charge in [-0.2, -0.15) is 18.2 Å². The van der Waals surface area contributed by atoms with E-state index >= 15 is 0 Å². The molecule has 5 rings (SSSR count). The first-order valence-electron chi connectivity index (χ1n) is 9.10. The molecular formula is C20H14F3N3O4. The van der Waals surface area contributed by atoms with E-state index in [1.165, 1.54) is 12.1 Å². The SMILES string of the molecule is O=C1C[C@H](c2nc(-c3ccc(C(F)(F)F)cc3)no2)CN1c1ccc2c(c1)OCO2. The van der Waals surface area contributed by atoms with Gasteiger partial charge in [0.1, 0.15) is 0 Å². The van der Waals surface area contributed by atoms with E-state index in [4.69, 9.17) is 14.0 Å². The third-order valence-electron chi connectivity index (χ3n) is 5.05. The van der Waals surface area contributed by atoms with Gasteiger partial charge in [-0.05, 0) is 24.3 Å². The van der Waals surface area contributed by atoms with Gasteiger partial charge in [0.05, 0.1) is 11.5 Å². The first kappa shape index (κ1) is 18.5. The van der Waals surface area contributed by atoms with Crippen molar-refractivity contribution in [2.75, 3.05) is 18.2 Å². The van der Waals surface area contributed by atoms with Crippen molar-refractivity contribution >= 4 is 11.6 Å². The predicted molar refractivity (Wildman–Crippen MR) is 97.0 cm³/mol. The second-order valence-electron chi connectivity index (χ2n) is 6.97. The van der Waals surface area contributed by atoms with Gasteiger partial charge in [-0.1, -0.05) is 17.3 Å². The molecule has 0 saturated carbocycles. The van der Waals surface area contributed by atoms with Gasteiger partial charge in [-0.25, -0.2) is 0 Å². The molecule has 10 heteroatoms. The van der Waals surface area contributed by atoms with Crippen molar-refractivity contribution in [2.45, 2.75) is 18.5 Å². The normalized spacial score (nSPS) is 18.3. The van der Waals surface area contributed by atoms with Gasteiger partial charge in [0.15, 0.2) is 11.5 Å². The lowest BCUT2D eigenvalue weighted by Gasteiger charge is -2.16. The molecule has 1 fully saturated rings. The van der Waals surface area contributed by atoms with Gasteiger partial charge >= 0.3 is 6.18 Å².